The summed E-state index contributed by atoms with van der Waals surface area (Å²) >= 11 is 5.94. The summed E-state index contributed by atoms with van der Waals surface area (Å²) in [6, 6.07) is -0.0432. The van der Waals surface area contributed by atoms with E-state index in [1.165, 1.54) is 0 Å². The molecule has 0 N–H and O–H groups in total. The Morgan fingerprint density at radius 2 is 1.95 bits per heavy atom. The average Bonchev–Trinajstić information content (AvgIpc) is 2.43. The Kier molecular flexibility index (Phi) is 7.75. The lowest BCUT2D eigenvalue weighted by Gasteiger charge is -2.37. The zero-order valence-electron chi connectivity index (χ0n) is 12.9. The molecule has 0 saturated carbocycles. The Hall–Kier alpha value is 0.120. The molecular formula is C13H28ClN3O2S. The predicted octanol–water partition coefficient (Wildman–Crippen LogP) is 1.60. The molecule has 0 aromatic rings. The van der Waals surface area contributed by atoms with Gasteiger partial charge in [-0.1, -0.05) is 13.3 Å². The summed E-state index contributed by atoms with van der Waals surface area (Å²) in [4.78, 5) is 2.07. The summed E-state index contributed by atoms with van der Waals surface area (Å²) in [5, 5.41) is 0. The number of alkyl halides is 1. The predicted molar refractivity (Wildman–Crippen MR) is 84.4 cm³/mol. The van der Waals surface area contributed by atoms with Crippen LogP contribution < -0.4 is 0 Å². The van der Waals surface area contributed by atoms with Crippen molar-refractivity contribution in [3.63, 3.8) is 0 Å². The lowest BCUT2D eigenvalue weighted by atomic mass is 10.1. The van der Waals surface area contributed by atoms with Crippen molar-refractivity contribution in [3.8, 4) is 0 Å². The molecule has 0 spiro atoms. The molecule has 0 aliphatic carbocycles. The van der Waals surface area contributed by atoms with Crippen molar-refractivity contribution in [1.82, 2.24) is 13.5 Å². The van der Waals surface area contributed by atoms with E-state index in [1.807, 2.05) is 21.0 Å². The largest absolute Gasteiger partial charge is 0.309 e. The van der Waals surface area contributed by atoms with E-state index in [-0.39, 0.29) is 6.04 Å². The van der Waals surface area contributed by atoms with Crippen molar-refractivity contribution in [1.29, 1.82) is 0 Å². The summed E-state index contributed by atoms with van der Waals surface area (Å²) in [6.45, 7) is 4.48. The molecule has 7 heteroatoms. The maximum Gasteiger partial charge on any atom is 0.282 e. The molecule has 1 heterocycles. The van der Waals surface area contributed by atoms with E-state index in [9.17, 15) is 8.42 Å². The number of hydrogen-bond donors (Lipinski definition) is 0. The van der Waals surface area contributed by atoms with Crippen molar-refractivity contribution < 1.29 is 8.42 Å². The first-order valence-electron chi connectivity index (χ1n) is 7.41. The van der Waals surface area contributed by atoms with Gasteiger partial charge in [0.05, 0.1) is 0 Å². The van der Waals surface area contributed by atoms with E-state index in [0.29, 0.717) is 25.5 Å². The van der Waals surface area contributed by atoms with Crippen LogP contribution in [0.1, 0.15) is 32.6 Å². The molecule has 0 radical (unpaired) electrons. The van der Waals surface area contributed by atoms with Gasteiger partial charge in [-0.05, 0) is 39.9 Å². The fourth-order valence-corrected chi connectivity index (χ4v) is 4.88. The van der Waals surface area contributed by atoms with Crippen molar-refractivity contribution in [2.45, 2.75) is 38.6 Å². The SMILES string of the molecule is CCN(CCCN(C)C)S(=O)(=O)N1CCCCC1CCl. The fourth-order valence-electron chi connectivity index (χ4n) is 2.58. The Labute approximate surface area is 129 Å². The van der Waals surface area contributed by atoms with Crippen LogP contribution in [0.3, 0.4) is 0 Å². The van der Waals surface area contributed by atoms with Crippen LogP contribution in [0.4, 0.5) is 0 Å². The minimum atomic E-state index is -3.37. The summed E-state index contributed by atoms with van der Waals surface area (Å²) < 4.78 is 28.7. The first-order valence-corrected chi connectivity index (χ1v) is 9.34. The van der Waals surface area contributed by atoms with Crippen LogP contribution in [0.15, 0.2) is 0 Å². The first kappa shape index (κ1) is 18.2. The highest BCUT2D eigenvalue weighted by Gasteiger charge is 2.35. The topological polar surface area (TPSA) is 43.9 Å². The van der Waals surface area contributed by atoms with Gasteiger partial charge in [0, 0.05) is 31.6 Å². The normalized spacial score (nSPS) is 21.8. The Morgan fingerprint density at radius 3 is 2.50 bits per heavy atom. The molecule has 0 amide bonds. The standard InChI is InChI=1S/C13H28ClN3O2S/c1-4-16(10-7-9-15(2)3)20(18,19)17-11-6-5-8-13(17)12-14/h13H,4-12H2,1-3H3. The molecule has 5 nitrogen and oxygen atoms in total. The molecule has 0 aromatic carbocycles. The highest BCUT2D eigenvalue weighted by atomic mass is 35.5. The van der Waals surface area contributed by atoms with Crippen molar-refractivity contribution in [2.75, 3.05) is 46.2 Å². The van der Waals surface area contributed by atoms with Gasteiger partial charge in [0.25, 0.3) is 10.2 Å². The van der Waals surface area contributed by atoms with Gasteiger partial charge in [0.15, 0.2) is 0 Å². The average molecular weight is 326 g/mol. The van der Waals surface area contributed by atoms with E-state index in [4.69, 9.17) is 11.6 Å². The second-order valence-electron chi connectivity index (χ2n) is 5.57. The summed E-state index contributed by atoms with van der Waals surface area (Å²) in [5.41, 5.74) is 0. The zero-order chi connectivity index (χ0) is 15.2. The summed E-state index contributed by atoms with van der Waals surface area (Å²) in [5.74, 6) is 0.383. The number of piperidine rings is 1. The quantitative estimate of drug-likeness (QED) is 0.637. The zero-order valence-corrected chi connectivity index (χ0v) is 14.5. The molecular weight excluding hydrogens is 298 g/mol. The van der Waals surface area contributed by atoms with Crippen molar-refractivity contribution >= 4 is 21.8 Å². The van der Waals surface area contributed by atoms with Gasteiger partial charge in [0.2, 0.25) is 0 Å². The molecule has 20 heavy (non-hydrogen) atoms. The van der Waals surface area contributed by atoms with Gasteiger partial charge in [-0.2, -0.15) is 17.0 Å². The number of hydrogen-bond acceptors (Lipinski definition) is 3. The van der Waals surface area contributed by atoms with Gasteiger partial charge >= 0.3 is 0 Å². The van der Waals surface area contributed by atoms with E-state index >= 15 is 0 Å². The molecule has 1 unspecified atom stereocenters. The monoisotopic (exact) mass is 325 g/mol. The van der Waals surface area contributed by atoms with Crippen molar-refractivity contribution in [3.05, 3.63) is 0 Å². The third-order valence-corrected chi connectivity index (χ3v) is 6.26. The smallest absolute Gasteiger partial charge is 0.282 e. The third kappa shape index (κ3) is 4.84. The van der Waals surface area contributed by atoms with Crippen LogP contribution in [0, 0.1) is 0 Å². The minimum absolute atomic E-state index is 0.0432. The van der Waals surface area contributed by atoms with Gasteiger partial charge in [-0.3, -0.25) is 0 Å². The Bertz CT molecular complexity index is 376. The molecule has 1 rings (SSSR count). The maximum atomic E-state index is 12.7. The molecule has 1 atom stereocenters. The van der Waals surface area contributed by atoms with Crippen LogP contribution in [-0.4, -0.2) is 74.1 Å². The summed E-state index contributed by atoms with van der Waals surface area (Å²) in [7, 11) is 0.628. The van der Waals surface area contributed by atoms with Crippen LogP contribution in [0.5, 0.6) is 0 Å². The number of rotatable bonds is 8. The minimum Gasteiger partial charge on any atom is -0.309 e. The summed E-state index contributed by atoms with van der Waals surface area (Å²) in [6.07, 6.45) is 3.72. The van der Waals surface area contributed by atoms with Gasteiger partial charge in [-0.25, -0.2) is 0 Å². The third-order valence-electron chi connectivity index (χ3n) is 3.74. The highest BCUT2D eigenvalue weighted by molar-refractivity contribution is 7.86. The molecule has 0 bridgehead atoms. The number of halogens is 1. The molecule has 120 valence electrons. The van der Waals surface area contributed by atoms with Crippen molar-refractivity contribution in [2.24, 2.45) is 0 Å². The van der Waals surface area contributed by atoms with Gasteiger partial charge in [-0.15, -0.1) is 11.6 Å². The highest BCUT2D eigenvalue weighted by Crippen LogP contribution is 2.23. The maximum absolute atomic E-state index is 12.7. The molecule has 0 aromatic heterocycles. The molecule has 1 aliphatic heterocycles. The van der Waals surface area contributed by atoms with Crippen LogP contribution in [0.2, 0.25) is 0 Å². The lowest BCUT2D eigenvalue weighted by Crippen LogP contribution is -2.51. The van der Waals surface area contributed by atoms with E-state index in [2.05, 4.69) is 4.90 Å². The Balaban J connectivity index is 2.71. The second kappa shape index (κ2) is 8.54. The van der Waals surface area contributed by atoms with Crippen LogP contribution >= 0.6 is 11.6 Å². The van der Waals surface area contributed by atoms with Crippen LogP contribution in [0.25, 0.3) is 0 Å². The van der Waals surface area contributed by atoms with E-state index in [1.54, 1.807) is 8.61 Å². The van der Waals surface area contributed by atoms with Crippen LogP contribution in [-0.2, 0) is 10.2 Å². The first-order chi connectivity index (χ1) is 9.43. The molecule has 1 saturated heterocycles. The molecule has 1 aliphatic rings. The Morgan fingerprint density at radius 1 is 1.25 bits per heavy atom. The van der Waals surface area contributed by atoms with Gasteiger partial charge in [0.1, 0.15) is 0 Å². The molecule has 1 fully saturated rings. The lowest BCUT2D eigenvalue weighted by molar-refractivity contribution is 0.245. The van der Waals surface area contributed by atoms with Gasteiger partial charge < -0.3 is 4.90 Å². The number of nitrogens with zero attached hydrogens (tertiary/aromatic N) is 3. The fraction of sp³-hybridized carbons (Fsp3) is 1.00. The van der Waals surface area contributed by atoms with E-state index < -0.39 is 10.2 Å². The van der Waals surface area contributed by atoms with E-state index in [0.717, 1.165) is 32.2 Å². The second-order valence-corrected chi connectivity index (χ2v) is 7.76.